The molecular weight excluding hydrogens is 369 g/mol. The van der Waals surface area contributed by atoms with E-state index < -0.39 is 0 Å². The van der Waals surface area contributed by atoms with Gasteiger partial charge in [-0.15, -0.1) is 0 Å². The van der Waals surface area contributed by atoms with Crippen LogP contribution in [0.1, 0.15) is 0 Å². The third-order valence-electron chi connectivity index (χ3n) is 5.25. The standard InChI is InChI=1S/C26H15F3/c27-18-9-5-16(6-10-18)25-21-3-1-2-4-22(21)26(17-7-11-19(28)12-8-17)24-15-20(29)13-14-23(24)25/h1-15H. The molecular formula is C26H15F3. The van der Waals surface area contributed by atoms with Gasteiger partial charge in [0.2, 0.25) is 0 Å². The van der Waals surface area contributed by atoms with E-state index in [9.17, 15) is 13.2 Å². The summed E-state index contributed by atoms with van der Waals surface area (Å²) >= 11 is 0. The van der Waals surface area contributed by atoms with Gasteiger partial charge in [-0.05, 0) is 80.2 Å². The Labute approximate surface area is 165 Å². The summed E-state index contributed by atoms with van der Waals surface area (Å²) in [6.45, 7) is 0. The van der Waals surface area contributed by atoms with Gasteiger partial charge < -0.3 is 0 Å². The molecule has 140 valence electrons. The maximum absolute atomic E-state index is 14.3. The molecule has 0 aliphatic heterocycles. The molecule has 0 aliphatic carbocycles. The zero-order valence-electron chi connectivity index (χ0n) is 15.3. The Bertz CT molecular complexity index is 1350. The monoisotopic (exact) mass is 384 g/mol. The van der Waals surface area contributed by atoms with Crippen LogP contribution in [0.5, 0.6) is 0 Å². The summed E-state index contributed by atoms with van der Waals surface area (Å²) in [6.07, 6.45) is 0. The third kappa shape index (κ3) is 2.95. The largest absolute Gasteiger partial charge is 0.207 e. The van der Waals surface area contributed by atoms with E-state index in [1.165, 1.54) is 36.4 Å². The molecule has 0 N–H and O–H groups in total. The Morgan fingerprint density at radius 3 is 1.31 bits per heavy atom. The summed E-state index contributed by atoms with van der Waals surface area (Å²) in [5.41, 5.74) is 3.43. The Morgan fingerprint density at radius 2 is 0.793 bits per heavy atom. The van der Waals surface area contributed by atoms with Gasteiger partial charge in [0.1, 0.15) is 17.5 Å². The smallest absolute Gasteiger partial charge is 0.123 e. The predicted octanol–water partition coefficient (Wildman–Crippen LogP) is 7.74. The molecule has 0 unspecified atom stereocenters. The van der Waals surface area contributed by atoms with Crippen LogP contribution in [0.15, 0.2) is 91.0 Å². The van der Waals surface area contributed by atoms with Crippen LogP contribution >= 0.6 is 0 Å². The van der Waals surface area contributed by atoms with Crippen molar-refractivity contribution >= 4 is 21.5 Å². The van der Waals surface area contributed by atoms with Gasteiger partial charge in [-0.25, -0.2) is 13.2 Å². The molecule has 0 amide bonds. The lowest BCUT2D eigenvalue weighted by atomic mass is 9.86. The molecule has 5 aromatic rings. The van der Waals surface area contributed by atoms with Gasteiger partial charge in [0.25, 0.3) is 0 Å². The zero-order valence-corrected chi connectivity index (χ0v) is 15.3. The van der Waals surface area contributed by atoms with Crippen molar-refractivity contribution in [2.75, 3.05) is 0 Å². The van der Waals surface area contributed by atoms with E-state index in [-0.39, 0.29) is 17.5 Å². The number of benzene rings is 5. The number of fused-ring (bicyclic) bond motifs is 2. The Morgan fingerprint density at radius 1 is 0.379 bits per heavy atom. The minimum absolute atomic E-state index is 0.309. The number of hydrogen-bond donors (Lipinski definition) is 0. The molecule has 0 fully saturated rings. The molecule has 0 radical (unpaired) electrons. The summed E-state index contributed by atoms with van der Waals surface area (Å²) < 4.78 is 41.3. The lowest BCUT2D eigenvalue weighted by Crippen LogP contribution is -1.92. The van der Waals surface area contributed by atoms with Gasteiger partial charge in [-0.2, -0.15) is 0 Å². The maximum atomic E-state index is 14.3. The minimum atomic E-state index is -0.346. The van der Waals surface area contributed by atoms with Crippen LogP contribution in [-0.2, 0) is 0 Å². The quantitative estimate of drug-likeness (QED) is 0.273. The van der Waals surface area contributed by atoms with Gasteiger partial charge in [-0.1, -0.05) is 54.6 Å². The van der Waals surface area contributed by atoms with Crippen molar-refractivity contribution in [2.45, 2.75) is 0 Å². The summed E-state index contributed by atoms with van der Waals surface area (Å²) in [7, 11) is 0. The summed E-state index contributed by atoms with van der Waals surface area (Å²) in [5, 5.41) is 3.49. The lowest BCUT2D eigenvalue weighted by molar-refractivity contribution is 0.627. The molecule has 5 aromatic carbocycles. The highest BCUT2D eigenvalue weighted by atomic mass is 19.1. The van der Waals surface area contributed by atoms with E-state index in [0.29, 0.717) is 0 Å². The molecule has 0 heterocycles. The Balaban J connectivity index is 1.98. The Hall–Kier alpha value is -3.59. The van der Waals surface area contributed by atoms with Crippen molar-refractivity contribution in [1.29, 1.82) is 0 Å². The SMILES string of the molecule is Fc1ccc(-c2c3ccccc3c(-c3ccc(F)cc3)c3cc(F)ccc23)cc1. The second-order valence-corrected chi connectivity index (χ2v) is 7.00. The highest BCUT2D eigenvalue weighted by Gasteiger charge is 2.17. The van der Waals surface area contributed by atoms with Crippen LogP contribution in [0.4, 0.5) is 13.2 Å². The molecule has 0 atom stereocenters. The van der Waals surface area contributed by atoms with Gasteiger partial charge in [0.05, 0.1) is 0 Å². The van der Waals surface area contributed by atoms with Crippen LogP contribution in [0, 0.1) is 17.5 Å². The van der Waals surface area contributed by atoms with Crippen molar-refractivity contribution < 1.29 is 13.2 Å². The molecule has 0 saturated carbocycles. The van der Waals surface area contributed by atoms with E-state index in [1.54, 1.807) is 30.3 Å². The molecule has 5 rings (SSSR count). The van der Waals surface area contributed by atoms with Gasteiger partial charge >= 0.3 is 0 Å². The van der Waals surface area contributed by atoms with Crippen LogP contribution < -0.4 is 0 Å². The van der Waals surface area contributed by atoms with Gasteiger partial charge in [0, 0.05) is 0 Å². The van der Waals surface area contributed by atoms with Crippen LogP contribution in [0.25, 0.3) is 43.8 Å². The van der Waals surface area contributed by atoms with E-state index in [4.69, 9.17) is 0 Å². The van der Waals surface area contributed by atoms with Crippen molar-refractivity contribution in [1.82, 2.24) is 0 Å². The van der Waals surface area contributed by atoms with Crippen LogP contribution in [-0.4, -0.2) is 0 Å². The van der Waals surface area contributed by atoms with Crippen molar-refractivity contribution in [2.24, 2.45) is 0 Å². The van der Waals surface area contributed by atoms with E-state index >= 15 is 0 Å². The first-order chi connectivity index (χ1) is 14.1. The van der Waals surface area contributed by atoms with Crippen LogP contribution in [0.2, 0.25) is 0 Å². The highest BCUT2D eigenvalue weighted by molar-refractivity contribution is 6.21. The highest BCUT2D eigenvalue weighted by Crippen LogP contribution is 2.43. The predicted molar refractivity (Wildman–Crippen MR) is 112 cm³/mol. The zero-order chi connectivity index (χ0) is 20.0. The van der Waals surface area contributed by atoms with Crippen molar-refractivity contribution in [3.05, 3.63) is 108 Å². The van der Waals surface area contributed by atoms with Crippen LogP contribution in [0.3, 0.4) is 0 Å². The number of halogens is 3. The summed E-state index contributed by atoms with van der Waals surface area (Å²) in [6, 6.07) is 25.1. The maximum Gasteiger partial charge on any atom is 0.123 e. The second kappa shape index (κ2) is 6.78. The van der Waals surface area contributed by atoms with E-state index in [0.717, 1.165) is 43.8 Å². The second-order valence-electron chi connectivity index (χ2n) is 7.00. The fourth-order valence-corrected chi connectivity index (χ4v) is 4.01. The third-order valence-corrected chi connectivity index (χ3v) is 5.25. The van der Waals surface area contributed by atoms with E-state index in [1.807, 2.05) is 24.3 Å². The molecule has 0 bridgehead atoms. The molecule has 0 spiro atoms. The number of rotatable bonds is 2. The Kier molecular flexibility index (Phi) is 4.09. The molecule has 0 aliphatic rings. The number of hydrogen-bond acceptors (Lipinski definition) is 0. The minimum Gasteiger partial charge on any atom is -0.207 e. The van der Waals surface area contributed by atoms with Crippen molar-refractivity contribution in [3.63, 3.8) is 0 Å². The average Bonchev–Trinajstić information content (AvgIpc) is 2.74. The first kappa shape index (κ1) is 17.5. The topological polar surface area (TPSA) is 0 Å². The molecule has 0 nitrogen and oxygen atoms in total. The average molecular weight is 384 g/mol. The molecule has 0 saturated heterocycles. The molecule has 3 heteroatoms. The summed E-state index contributed by atoms with van der Waals surface area (Å²) in [4.78, 5) is 0. The fraction of sp³-hybridized carbons (Fsp3) is 0. The van der Waals surface area contributed by atoms with Gasteiger partial charge in [0.15, 0.2) is 0 Å². The fourth-order valence-electron chi connectivity index (χ4n) is 4.01. The summed E-state index contributed by atoms with van der Waals surface area (Å²) in [5.74, 6) is -0.978. The molecule has 29 heavy (non-hydrogen) atoms. The molecule has 0 aromatic heterocycles. The normalized spacial score (nSPS) is 11.3. The van der Waals surface area contributed by atoms with E-state index in [2.05, 4.69) is 0 Å². The van der Waals surface area contributed by atoms with Crippen molar-refractivity contribution in [3.8, 4) is 22.3 Å². The first-order valence-corrected chi connectivity index (χ1v) is 9.28. The lowest BCUT2D eigenvalue weighted by Gasteiger charge is -2.17. The van der Waals surface area contributed by atoms with Gasteiger partial charge in [-0.3, -0.25) is 0 Å². The first-order valence-electron chi connectivity index (χ1n) is 9.28.